The van der Waals surface area contributed by atoms with Gasteiger partial charge in [0.25, 0.3) is 0 Å². The summed E-state index contributed by atoms with van der Waals surface area (Å²) < 4.78 is 0. The van der Waals surface area contributed by atoms with Gasteiger partial charge < -0.3 is 10.6 Å². The molecule has 1 unspecified atom stereocenters. The van der Waals surface area contributed by atoms with Gasteiger partial charge in [-0.2, -0.15) is 0 Å². The SMILES string of the molecule is CNC(=O)C(SC(C)C)C1CCNCC1. The van der Waals surface area contributed by atoms with E-state index in [1.807, 2.05) is 0 Å². The van der Waals surface area contributed by atoms with Crippen molar-refractivity contribution in [2.45, 2.75) is 37.2 Å². The van der Waals surface area contributed by atoms with Gasteiger partial charge in [-0.3, -0.25) is 4.79 Å². The zero-order chi connectivity index (χ0) is 11.3. The summed E-state index contributed by atoms with van der Waals surface area (Å²) in [5, 5.41) is 6.78. The van der Waals surface area contributed by atoms with Crippen LogP contribution in [0.1, 0.15) is 26.7 Å². The zero-order valence-electron chi connectivity index (χ0n) is 9.88. The highest BCUT2D eigenvalue weighted by Gasteiger charge is 2.29. The second-order valence-corrected chi connectivity index (χ2v) is 6.03. The molecule has 0 aromatic rings. The summed E-state index contributed by atoms with van der Waals surface area (Å²) in [5.74, 6) is 0.735. The third-order valence-electron chi connectivity index (χ3n) is 2.74. The first-order valence-electron chi connectivity index (χ1n) is 5.73. The molecule has 1 amide bonds. The zero-order valence-corrected chi connectivity index (χ0v) is 10.7. The van der Waals surface area contributed by atoms with Crippen molar-refractivity contribution < 1.29 is 4.79 Å². The van der Waals surface area contributed by atoms with E-state index in [-0.39, 0.29) is 11.2 Å². The Balaban J connectivity index is 2.57. The van der Waals surface area contributed by atoms with E-state index in [0.717, 1.165) is 25.9 Å². The number of hydrogen-bond donors (Lipinski definition) is 2. The molecule has 1 saturated heterocycles. The fourth-order valence-corrected chi connectivity index (χ4v) is 3.29. The van der Waals surface area contributed by atoms with E-state index < -0.39 is 0 Å². The van der Waals surface area contributed by atoms with Crippen LogP contribution in [-0.2, 0) is 4.79 Å². The van der Waals surface area contributed by atoms with Gasteiger partial charge >= 0.3 is 0 Å². The number of thioether (sulfide) groups is 1. The molecular formula is C11H22N2OS. The Morgan fingerprint density at radius 1 is 1.40 bits per heavy atom. The predicted octanol–water partition coefficient (Wildman–Crippen LogP) is 1.24. The van der Waals surface area contributed by atoms with Gasteiger partial charge in [0.05, 0.1) is 5.25 Å². The summed E-state index contributed by atoms with van der Waals surface area (Å²) in [5.41, 5.74) is 0. The van der Waals surface area contributed by atoms with E-state index in [0.29, 0.717) is 11.2 Å². The topological polar surface area (TPSA) is 41.1 Å². The van der Waals surface area contributed by atoms with Crippen LogP contribution in [0.3, 0.4) is 0 Å². The number of nitrogens with one attached hydrogen (secondary N) is 2. The summed E-state index contributed by atoms with van der Waals surface area (Å²) in [6.07, 6.45) is 2.25. The Morgan fingerprint density at radius 3 is 2.47 bits per heavy atom. The summed E-state index contributed by atoms with van der Waals surface area (Å²) >= 11 is 1.80. The van der Waals surface area contributed by atoms with E-state index in [9.17, 15) is 4.79 Å². The molecule has 1 aliphatic rings. The molecule has 1 atom stereocenters. The molecule has 0 aromatic heterocycles. The second-order valence-electron chi connectivity index (χ2n) is 4.31. The van der Waals surface area contributed by atoms with Gasteiger partial charge in [-0.05, 0) is 37.1 Å². The average molecular weight is 230 g/mol. The second kappa shape index (κ2) is 6.38. The Kier molecular flexibility index (Phi) is 5.47. The van der Waals surface area contributed by atoms with Crippen LogP contribution in [0.5, 0.6) is 0 Å². The highest BCUT2D eigenvalue weighted by Crippen LogP contribution is 2.29. The standard InChI is InChI=1S/C11H22N2OS/c1-8(2)15-10(11(14)12-3)9-4-6-13-7-5-9/h8-10,13H,4-7H2,1-3H3,(H,12,14). The summed E-state index contributed by atoms with van der Waals surface area (Å²) in [6.45, 7) is 6.41. The molecule has 15 heavy (non-hydrogen) atoms. The van der Waals surface area contributed by atoms with Gasteiger partial charge in [0, 0.05) is 7.05 Å². The predicted molar refractivity (Wildman–Crippen MR) is 66.2 cm³/mol. The van der Waals surface area contributed by atoms with Crippen LogP contribution in [0, 0.1) is 5.92 Å². The molecule has 0 radical (unpaired) electrons. The van der Waals surface area contributed by atoms with Crippen molar-refractivity contribution in [2.24, 2.45) is 5.92 Å². The highest BCUT2D eigenvalue weighted by molar-refractivity contribution is 8.01. The smallest absolute Gasteiger partial charge is 0.233 e. The molecule has 3 nitrogen and oxygen atoms in total. The van der Waals surface area contributed by atoms with E-state index in [1.165, 1.54) is 0 Å². The number of carbonyl (C=O) groups excluding carboxylic acids is 1. The minimum Gasteiger partial charge on any atom is -0.358 e. The van der Waals surface area contributed by atoms with Crippen molar-refractivity contribution in [1.82, 2.24) is 10.6 Å². The minimum atomic E-state index is 0.136. The lowest BCUT2D eigenvalue weighted by Crippen LogP contribution is -2.41. The van der Waals surface area contributed by atoms with E-state index in [1.54, 1.807) is 18.8 Å². The quantitative estimate of drug-likeness (QED) is 0.763. The molecule has 1 rings (SSSR count). The number of hydrogen-bond acceptors (Lipinski definition) is 3. The minimum absolute atomic E-state index is 0.136. The Labute approximate surface area is 96.8 Å². The van der Waals surface area contributed by atoms with E-state index in [2.05, 4.69) is 24.5 Å². The Bertz CT molecular complexity index is 203. The molecule has 1 fully saturated rings. The molecule has 1 aliphatic heterocycles. The lowest BCUT2D eigenvalue weighted by atomic mass is 9.94. The molecule has 0 aromatic carbocycles. The lowest BCUT2D eigenvalue weighted by Gasteiger charge is -2.30. The van der Waals surface area contributed by atoms with Crippen LogP contribution in [0.25, 0.3) is 0 Å². The number of carbonyl (C=O) groups is 1. The molecule has 88 valence electrons. The van der Waals surface area contributed by atoms with Gasteiger partial charge in [0.2, 0.25) is 5.91 Å². The van der Waals surface area contributed by atoms with Crippen molar-refractivity contribution in [3.05, 3.63) is 0 Å². The number of amides is 1. The van der Waals surface area contributed by atoms with E-state index >= 15 is 0 Å². The van der Waals surface area contributed by atoms with Crippen molar-refractivity contribution in [3.8, 4) is 0 Å². The summed E-state index contributed by atoms with van der Waals surface area (Å²) in [6, 6.07) is 0. The van der Waals surface area contributed by atoms with Crippen molar-refractivity contribution in [2.75, 3.05) is 20.1 Å². The van der Waals surface area contributed by atoms with Gasteiger partial charge in [0.1, 0.15) is 0 Å². The third-order valence-corrected chi connectivity index (χ3v) is 4.17. The van der Waals surface area contributed by atoms with Crippen LogP contribution in [0.2, 0.25) is 0 Å². The first kappa shape index (κ1) is 12.8. The highest BCUT2D eigenvalue weighted by atomic mass is 32.2. The fourth-order valence-electron chi connectivity index (χ4n) is 1.97. The van der Waals surface area contributed by atoms with Gasteiger partial charge in [-0.15, -0.1) is 11.8 Å². The molecule has 0 aliphatic carbocycles. The Morgan fingerprint density at radius 2 is 2.00 bits per heavy atom. The van der Waals surface area contributed by atoms with Crippen LogP contribution in [0.15, 0.2) is 0 Å². The first-order valence-corrected chi connectivity index (χ1v) is 6.67. The molecule has 2 N–H and O–H groups in total. The summed E-state index contributed by atoms with van der Waals surface area (Å²) in [4.78, 5) is 11.8. The van der Waals surface area contributed by atoms with E-state index in [4.69, 9.17) is 0 Å². The first-order chi connectivity index (χ1) is 7.15. The molecular weight excluding hydrogens is 208 g/mol. The lowest BCUT2D eigenvalue weighted by molar-refractivity contribution is -0.121. The van der Waals surface area contributed by atoms with Gasteiger partial charge in [0.15, 0.2) is 0 Å². The Hall–Kier alpha value is -0.220. The average Bonchev–Trinajstić information content (AvgIpc) is 2.26. The van der Waals surface area contributed by atoms with Crippen LogP contribution >= 0.6 is 11.8 Å². The summed E-state index contributed by atoms with van der Waals surface area (Å²) in [7, 11) is 1.73. The van der Waals surface area contributed by atoms with Crippen molar-refractivity contribution in [3.63, 3.8) is 0 Å². The fraction of sp³-hybridized carbons (Fsp3) is 0.909. The maximum atomic E-state index is 11.8. The monoisotopic (exact) mass is 230 g/mol. The number of piperidine rings is 1. The van der Waals surface area contributed by atoms with Crippen LogP contribution in [-0.4, -0.2) is 36.5 Å². The van der Waals surface area contributed by atoms with Crippen molar-refractivity contribution in [1.29, 1.82) is 0 Å². The van der Waals surface area contributed by atoms with Crippen LogP contribution in [0.4, 0.5) is 0 Å². The molecule has 0 spiro atoms. The van der Waals surface area contributed by atoms with Gasteiger partial charge in [-0.1, -0.05) is 13.8 Å². The molecule has 4 heteroatoms. The largest absolute Gasteiger partial charge is 0.358 e. The number of rotatable bonds is 4. The normalized spacial score (nSPS) is 20.3. The maximum absolute atomic E-state index is 11.8. The molecule has 0 bridgehead atoms. The third kappa shape index (κ3) is 4.03. The molecule has 1 heterocycles. The van der Waals surface area contributed by atoms with Crippen molar-refractivity contribution >= 4 is 17.7 Å². The maximum Gasteiger partial charge on any atom is 0.233 e. The molecule has 0 saturated carbocycles. The van der Waals surface area contributed by atoms with Crippen LogP contribution < -0.4 is 10.6 Å². The van der Waals surface area contributed by atoms with Gasteiger partial charge in [-0.25, -0.2) is 0 Å².